The SMILES string of the molecule is CCOC(=O)c1cc(N)cnc1Sc1ncccc1Cl. The highest BCUT2D eigenvalue weighted by Gasteiger charge is 2.17. The summed E-state index contributed by atoms with van der Waals surface area (Å²) in [5, 5.41) is 1.51. The van der Waals surface area contributed by atoms with Crippen molar-refractivity contribution in [2.24, 2.45) is 0 Å². The minimum Gasteiger partial charge on any atom is -0.462 e. The van der Waals surface area contributed by atoms with Gasteiger partial charge in [0.05, 0.1) is 29.1 Å². The van der Waals surface area contributed by atoms with Gasteiger partial charge in [-0.1, -0.05) is 11.6 Å². The number of aromatic nitrogens is 2. The van der Waals surface area contributed by atoms with Crippen LogP contribution in [0.3, 0.4) is 0 Å². The molecule has 20 heavy (non-hydrogen) atoms. The minimum atomic E-state index is -0.471. The van der Waals surface area contributed by atoms with Crippen LogP contribution in [-0.2, 0) is 4.74 Å². The summed E-state index contributed by atoms with van der Waals surface area (Å²) < 4.78 is 4.99. The van der Waals surface area contributed by atoms with Crippen LogP contribution in [0.1, 0.15) is 17.3 Å². The molecule has 0 amide bonds. The second-order valence-corrected chi connectivity index (χ2v) is 5.12. The normalized spacial score (nSPS) is 10.3. The van der Waals surface area contributed by atoms with Crippen LogP contribution in [0.5, 0.6) is 0 Å². The van der Waals surface area contributed by atoms with Crippen LogP contribution in [0.2, 0.25) is 5.02 Å². The fraction of sp³-hybridized carbons (Fsp3) is 0.154. The molecule has 2 N–H and O–H groups in total. The number of ether oxygens (including phenoxy) is 1. The maximum absolute atomic E-state index is 11.9. The monoisotopic (exact) mass is 309 g/mol. The van der Waals surface area contributed by atoms with Crippen LogP contribution in [-0.4, -0.2) is 22.5 Å². The number of halogens is 1. The molecule has 0 aliphatic carbocycles. The Labute approximate surface area is 125 Å². The molecular formula is C13H12ClN3O2S. The first kappa shape index (κ1) is 14.6. The predicted octanol–water partition coefficient (Wildman–Crippen LogP) is 3.04. The Morgan fingerprint density at radius 2 is 2.25 bits per heavy atom. The number of anilines is 1. The lowest BCUT2D eigenvalue weighted by molar-refractivity contribution is 0.0521. The molecule has 2 heterocycles. The molecule has 0 saturated heterocycles. The lowest BCUT2D eigenvalue weighted by Crippen LogP contribution is -2.08. The largest absolute Gasteiger partial charge is 0.462 e. The van der Waals surface area contributed by atoms with E-state index >= 15 is 0 Å². The van der Waals surface area contributed by atoms with E-state index in [0.717, 1.165) is 0 Å². The van der Waals surface area contributed by atoms with Crippen molar-refractivity contribution < 1.29 is 9.53 Å². The molecule has 0 aliphatic heterocycles. The molecule has 0 spiro atoms. The van der Waals surface area contributed by atoms with Gasteiger partial charge in [-0.25, -0.2) is 14.8 Å². The molecule has 0 aliphatic rings. The van der Waals surface area contributed by atoms with Gasteiger partial charge in [0.25, 0.3) is 0 Å². The van der Waals surface area contributed by atoms with Crippen molar-refractivity contribution in [1.82, 2.24) is 9.97 Å². The molecule has 0 unspecified atom stereocenters. The van der Waals surface area contributed by atoms with Crippen molar-refractivity contribution in [3.8, 4) is 0 Å². The van der Waals surface area contributed by atoms with E-state index in [1.54, 1.807) is 25.3 Å². The van der Waals surface area contributed by atoms with Crippen molar-refractivity contribution in [3.05, 3.63) is 41.2 Å². The number of nitrogens with zero attached hydrogens (tertiary/aromatic N) is 2. The number of nitrogens with two attached hydrogens (primary N) is 1. The van der Waals surface area contributed by atoms with E-state index in [0.29, 0.717) is 26.3 Å². The first-order valence-corrected chi connectivity index (χ1v) is 7.02. The lowest BCUT2D eigenvalue weighted by Gasteiger charge is -2.08. The van der Waals surface area contributed by atoms with E-state index in [4.69, 9.17) is 22.1 Å². The van der Waals surface area contributed by atoms with Crippen molar-refractivity contribution in [2.45, 2.75) is 17.0 Å². The molecule has 2 aromatic rings. The van der Waals surface area contributed by atoms with Crippen LogP contribution in [0, 0.1) is 0 Å². The first-order valence-electron chi connectivity index (χ1n) is 5.82. The summed E-state index contributed by atoms with van der Waals surface area (Å²) in [5.41, 5.74) is 6.36. The zero-order valence-corrected chi connectivity index (χ0v) is 12.2. The number of nitrogen functional groups attached to an aromatic ring is 1. The molecule has 0 fully saturated rings. The number of pyridine rings is 2. The third-order valence-electron chi connectivity index (χ3n) is 2.29. The zero-order chi connectivity index (χ0) is 14.5. The average Bonchev–Trinajstić information content (AvgIpc) is 2.43. The number of carbonyl (C=O) groups excluding carboxylic acids is 1. The Bertz CT molecular complexity index is 637. The van der Waals surface area contributed by atoms with E-state index in [1.807, 2.05) is 0 Å². The van der Waals surface area contributed by atoms with Crippen molar-refractivity contribution in [1.29, 1.82) is 0 Å². The smallest absolute Gasteiger partial charge is 0.340 e. The van der Waals surface area contributed by atoms with Crippen LogP contribution in [0.25, 0.3) is 0 Å². The van der Waals surface area contributed by atoms with Gasteiger partial charge in [0.15, 0.2) is 0 Å². The minimum absolute atomic E-state index is 0.280. The molecular weight excluding hydrogens is 298 g/mol. The third-order valence-corrected chi connectivity index (χ3v) is 3.74. The first-order chi connectivity index (χ1) is 9.61. The highest BCUT2D eigenvalue weighted by molar-refractivity contribution is 7.99. The zero-order valence-electron chi connectivity index (χ0n) is 10.7. The molecule has 7 heteroatoms. The number of esters is 1. The fourth-order valence-electron chi connectivity index (χ4n) is 1.44. The van der Waals surface area contributed by atoms with E-state index < -0.39 is 5.97 Å². The van der Waals surface area contributed by atoms with Crippen LogP contribution >= 0.6 is 23.4 Å². The summed E-state index contributed by atoms with van der Waals surface area (Å²) in [6, 6.07) is 4.98. The number of hydrogen-bond acceptors (Lipinski definition) is 6. The number of rotatable bonds is 4. The highest BCUT2D eigenvalue weighted by Crippen LogP contribution is 2.32. The molecule has 5 nitrogen and oxygen atoms in total. The highest BCUT2D eigenvalue weighted by atomic mass is 35.5. The molecule has 0 radical (unpaired) electrons. The van der Waals surface area contributed by atoms with Crippen molar-refractivity contribution in [3.63, 3.8) is 0 Å². The van der Waals surface area contributed by atoms with Gasteiger partial charge in [-0.15, -0.1) is 0 Å². The van der Waals surface area contributed by atoms with Gasteiger partial charge in [0, 0.05) is 6.20 Å². The molecule has 0 saturated carbocycles. The Kier molecular flexibility index (Phi) is 4.81. The molecule has 2 aromatic heterocycles. The summed E-state index contributed by atoms with van der Waals surface area (Å²) in [6.07, 6.45) is 3.09. The molecule has 104 valence electrons. The van der Waals surface area contributed by atoms with Crippen molar-refractivity contribution in [2.75, 3.05) is 12.3 Å². The standard InChI is InChI=1S/C13H12ClN3O2S/c1-2-19-13(18)9-6-8(15)7-17-11(9)20-12-10(14)4-3-5-16-12/h3-7H,2,15H2,1H3. The Hall–Kier alpha value is -1.79. The second-order valence-electron chi connectivity index (χ2n) is 3.73. The summed E-state index contributed by atoms with van der Waals surface area (Å²) >= 11 is 7.24. The number of carbonyl (C=O) groups is 1. The lowest BCUT2D eigenvalue weighted by atomic mass is 10.3. The fourth-order valence-corrected chi connectivity index (χ4v) is 2.50. The van der Waals surface area contributed by atoms with Gasteiger partial charge < -0.3 is 10.5 Å². The van der Waals surface area contributed by atoms with Gasteiger partial charge in [0.1, 0.15) is 10.1 Å². The van der Waals surface area contributed by atoms with Crippen LogP contribution in [0.4, 0.5) is 5.69 Å². The predicted molar refractivity (Wildman–Crippen MR) is 78.0 cm³/mol. The van der Waals surface area contributed by atoms with Crippen molar-refractivity contribution >= 4 is 35.0 Å². The maximum atomic E-state index is 11.9. The van der Waals surface area contributed by atoms with Gasteiger partial charge in [-0.3, -0.25) is 0 Å². The number of hydrogen-bond donors (Lipinski definition) is 1. The molecule has 0 aromatic carbocycles. The van der Waals surface area contributed by atoms with E-state index in [2.05, 4.69) is 9.97 Å². The molecule has 0 atom stereocenters. The van der Waals surface area contributed by atoms with E-state index in [9.17, 15) is 4.79 Å². The summed E-state index contributed by atoms with van der Waals surface area (Å²) in [4.78, 5) is 20.2. The van der Waals surface area contributed by atoms with E-state index in [-0.39, 0.29) is 6.61 Å². The average molecular weight is 310 g/mol. The summed E-state index contributed by atoms with van der Waals surface area (Å²) in [7, 11) is 0. The topological polar surface area (TPSA) is 78.1 Å². The maximum Gasteiger partial charge on any atom is 0.340 e. The third kappa shape index (κ3) is 3.40. The van der Waals surface area contributed by atoms with Gasteiger partial charge >= 0.3 is 5.97 Å². The van der Waals surface area contributed by atoms with Crippen LogP contribution in [0.15, 0.2) is 40.6 Å². The quantitative estimate of drug-likeness (QED) is 0.875. The molecule has 0 bridgehead atoms. The summed E-state index contributed by atoms with van der Waals surface area (Å²) in [6.45, 7) is 2.02. The Morgan fingerprint density at radius 1 is 1.45 bits per heavy atom. The second kappa shape index (κ2) is 6.58. The summed E-state index contributed by atoms with van der Waals surface area (Å²) in [5.74, 6) is -0.471. The van der Waals surface area contributed by atoms with Gasteiger partial charge in [-0.2, -0.15) is 0 Å². The van der Waals surface area contributed by atoms with Gasteiger partial charge in [-0.05, 0) is 36.9 Å². The van der Waals surface area contributed by atoms with E-state index in [1.165, 1.54) is 24.0 Å². The van der Waals surface area contributed by atoms with Gasteiger partial charge in [0.2, 0.25) is 0 Å². The Balaban J connectivity index is 2.36. The van der Waals surface area contributed by atoms with Crippen LogP contribution < -0.4 is 5.73 Å². The Morgan fingerprint density at radius 3 is 2.95 bits per heavy atom. The molecule has 2 rings (SSSR count).